The van der Waals surface area contributed by atoms with Crippen molar-refractivity contribution in [1.82, 2.24) is 0 Å². The molecule has 5 heteroatoms. The lowest BCUT2D eigenvalue weighted by molar-refractivity contribution is -0.135. The van der Waals surface area contributed by atoms with E-state index in [-0.39, 0.29) is 18.9 Å². The molecule has 0 aliphatic carbocycles. The van der Waals surface area contributed by atoms with Crippen molar-refractivity contribution in [3.63, 3.8) is 0 Å². The molecule has 0 aliphatic rings. The number of carboxylic acid groups (broad SMARTS) is 1. The molecule has 0 bridgehead atoms. The highest BCUT2D eigenvalue weighted by molar-refractivity contribution is 6.30. The summed E-state index contributed by atoms with van der Waals surface area (Å²) in [7, 11) is 0. The van der Waals surface area contributed by atoms with Gasteiger partial charge in [0.05, 0.1) is 0 Å². The van der Waals surface area contributed by atoms with Gasteiger partial charge in [0.1, 0.15) is 12.4 Å². The molecule has 0 heterocycles. The third-order valence-corrected chi connectivity index (χ3v) is 3.05. The molecule has 104 valence electrons. The largest absolute Gasteiger partial charge is 0.480 e. The first kappa shape index (κ1) is 14.3. The highest BCUT2D eigenvalue weighted by Gasteiger charge is 2.13. The molecule has 0 saturated carbocycles. The SMILES string of the molecule is O=C(O)CN(Cc1ccccc1F)c1cccc(Cl)c1. The number of nitrogens with zero attached hydrogens (tertiary/aromatic N) is 1. The molecule has 2 aromatic rings. The molecule has 0 amide bonds. The third kappa shape index (κ3) is 3.71. The van der Waals surface area contributed by atoms with E-state index in [9.17, 15) is 9.18 Å². The minimum absolute atomic E-state index is 0.166. The van der Waals surface area contributed by atoms with Crippen LogP contribution in [0.2, 0.25) is 5.02 Å². The van der Waals surface area contributed by atoms with E-state index < -0.39 is 5.97 Å². The highest BCUT2D eigenvalue weighted by Crippen LogP contribution is 2.22. The highest BCUT2D eigenvalue weighted by atomic mass is 35.5. The van der Waals surface area contributed by atoms with Crippen LogP contribution in [0.1, 0.15) is 5.56 Å². The lowest BCUT2D eigenvalue weighted by Gasteiger charge is -2.23. The van der Waals surface area contributed by atoms with Gasteiger partial charge in [0.15, 0.2) is 0 Å². The maximum atomic E-state index is 13.7. The van der Waals surface area contributed by atoms with E-state index in [1.807, 2.05) is 0 Å². The number of carboxylic acids is 1. The molecule has 2 rings (SSSR count). The average molecular weight is 294 g/mol. The number of rotatable bonds is 5. The Morgan fingerprint density at radius 1 is 1.20 bits per heavy atom. The molecule has 0 radical (unpaired) electrons. The summed E-state index contributed by atoms with van der Waals surface area (Å²) < 4.78 is 13.7. The predicted molar refractivity (Wildman–Crippen MR) is 76.5 cm³/mol. The first-order valence-electron chi connectivity index (χ1n) is 6.02. The van der Waals surface area contributed by atoms with Crippen LogP contribution >= 0.6 is 11.6 Å². The fourth-order valence-electron chi connectivity index (χ4n) is 1.91. The summed E-state index contributed by atoms with van der Waals surface area (Å²) in [5.74, 6) is -1.34. The van der Waals surface area contributed by atoms with Crippen LogP contribution in [0.25, 0.3) is 0 Å². The number of hydrogen-bond acceptors (Lipinski definition) is 2. The molecule has 0 aromatic heterocycles. The standard InChI is InChI=1S/C15H13ClFNO2/c16-12-5-3-6-13(8-12)18(10-15(19)20)9-11-4-1-2-7-14(11)17/h1-8H,9-10H2,(H,19,20). The smallest absolute Gasteiger partial charge is 0.323 e. The summed E-state index contributed by atoms with van der Waals surface area (Å²) in [6, 6.07) is 13.1. The molecular formula is C15H13ClFNO2. The van der Waals surface area contributed by atoms with Gasteiger partial charge in [0.2, 0.25) is 0 Å². The second kappa shape index (κ2) is 6.39. The van der Waals surface area contributed by atoms with E-state index in [0.717, 1.165) is 0 Å². The first-order chi connectivity index (χ1) is 9.56. The van der Waals surface area contributed by atoms with Crippen LogP contribution in [0.15, 0.2) is 48.5 Å². The molecule has 20 heavy (non-hydrogen) atoms. The van der Waals surface area contributed by atoms with Crippen LogP contribution in [-0.4, -0.2) is 17.6 Å². The van der Waals surface area contributed by atoms with Crippen molar-refractivity contribution >= 4 is 23.3 Å². The minimum Gasteiger partial charge on any atom is -0.480 e. The van der Waals surface area contributed by atoms with Crippen molar-refractivity contribution in [3.05, 3.63) is 64.9 Å². The maximum absolute atomic E-state index is 13.7. The van der Waals surface area contributed by atoms with Crippen LogP contribution in [0, 0.1) is 5.82 Å². The quantitative estimate of drug-likeness (QED) is 0.916. The summed E-state index contributed by atoms with van der Waals surface area (Å²) in [5.41, 5.74) is 1.08. The molecular weight excluding hydrogens is 281 g/mol. The normalized spacial score (nSPS) is 10.3. The van der Waals surface area contributed by atoms with Gasteiger partial charge in [-0.05, 0) is 24.3 Å². The van der Waals surface area contributed by atoms with Gasteiger partial charge < -0.3 is 10.0 Å². The summed E-state index contributed by atoms with van der Waals surface area (Å²) in [6.07, 6.45) is 0. The summed E-state index contributed by atoms with van der Waals surface area (Å²) in [6.45, 7) is -0.0615. The van der Waals surface area contributed by atoms with Crippen molar-refractivity contribution in [3.8, 4) is 0 Å². The minimum atomic E-state index is -0.985. The first-order valence-corrected chi connectivity index (χ1v) is 6.40. The Labute approximate surface area is 121 Å². The number of aliphatic carboxylic acids is 1. The van der Waals surface area contributed by atoms with Crippen molar-refractivity contribution in [1.29, 1.82) is 0 Å². The van der Waals surface area contributed by atoms with Crippen LogP contribution < -0.4 is 4.90 Å². The van der Waals surface area contributed by atoms with Gasteiger partial charge in [-0.25, -0.2) is 4.39 Å². The number of anilines is 1. The number of benzene rings is 2. The predicted octanol–water partition coefficient (Wildman–Crippen LogP) is 3.57. The zero-order chi connectivity index (χ0) is 14.5. The Balaban J connectivity index is 2.29. The fraction of sp³-hybridized carbons (Fsp3) is 0.133. The van der Waals surface area contributed by atoms with Crippen LogP contribution in [0.3, 0.4) is 0 Å². The van der Waals surface area contributed by atoms with Crippen LogP contribution in [-0.2, 0) is 11.3 Å². The lowest BCUT2D eigenvalue weighted by Crippen LogP contribution is -2.29. The molecule has 0 spiro atoms. The average Bonchev–Trinajstić information content (AvgIpc) is 2.40. The van der Waals surface area contributed by atoms with Crippen molar-refractivity contribution in [2.45, 2.75) is 6.54 Å². The molecule has 0 unspecified atom stereocenters. The lowest BCUT2D eigenvalue weighted by atomic mass is 10.2. The Morgan fingerprint density at radius 3 is 2.60 bits per heavy atom. The molecule has 0 saturated heterocycles. The van der Waals surface area contributed by atoms with Gasteiger partial charge >= 0.3 is 5.97 Å². The molecule has 1 N–H and O–H groups in total. The van der Waals surface area contributed by atoms with E-state index in [4.69, 9.17) is 16.7 Å². The topological polar surface area (TPSA) is 40.5 Å². The van der Waals surface area contributed by atoms with E-state index in [0.29, 0.717) is 16.3 Å². The monoisotopic (exact) mass is 293 g/mol. The third-order valence-electron chi connectivity index (χ3n) is 2.82. The molecule has 0 aliphatic heterocycles. The number of hydrogen-bond donors (Lipinski definition) is 1. The fourth-order valence-corrected chi connectivity index (χ4v) is 2.09. The van der Waals surface area contributed by atoms with Crippen molar-refractivity contribution < 1.29 is 14.3 Å². The maximum Gasteiger partial charge on any atom is 0.323 e. The van der Waals surface area contributed by atoms with Gasteiger partial charge in [-0.15, -0.1) is 0 Å². The second-order valence-corrected chi connectivity index (χ2v) is 4.76. The van der Waals surface area contributed by atoms with E-state index in [2.05, 4.69) is 0 Å². The van der Waals surface area contributed by atoms with E-state index in [1.54, 1.807) is 47.4 Å². The Morgan fingerprint density at radius 2 is 1.95 bits per heavy atom. The van der Waals surface area contributed by atoms with E-state index in [1.165, 1.54) is 6.07 Å². The van der Waals surface area contributed by atoms with Crippen LogP contribution in [0.4, 0.5) is 10.1 Å². The Bertz CT molecular complexity index is 618. The van der Waals surface area contributed by atoms with Gasteiger partial charge in [-0.2, -0.15) is 0 Å². The summed E-state index contributed by atoms with van der Waals surface area (Å²) >= 11 is 5.91. The number of halogens is 2. The molecule has 0 atom stereocenters. The summed E-state index contributed by atoms with van der Waals surface area (Å²) in [5, 5.41) is 9.50. The van der Waals surface area contributed by atoms with Gasteiger partial charge in [-0.3, -0.25) is 4.79 Å². The van der Waals surface area contributed by atoms with Crippen molar-refractivity contribution in [2.75, 3.05) is 11.4 Å². The second-order valence-electron chi connectivity index (χ2n) is 4.32. The molecule has 2 aromatic carbocycles. The van der Waals surface area contributed by atoms with Gasteiger partial charge in [0, 0.05) is 22.8 Å². The van der Waals surface area contributed by atoms with Crippen molar-refractivity contribution in [2.24, 2.45) is 0 Å². The zero-order valence-electron chi connectivity index (χ0n) is 10.6. The number of carbonyl (C=O) groups is 1. The van der Waals surface area contributed by atoms with Gasteiger partial charge in [-0.1, -0.05) is 35.9 Å². The molecule has 0 fully saturated rings. The molecule has 3 nitrogen and oxygen atoms in total. The van der Waals surface area contributed by atoms with Crippen LogP contribution in [0.5, 0.6) is 0 Å². The zero-order valence-corrected chi connectivity index (χ0v) is 11.3. The summed E-state index contributed by atoms with van der Waals surface area (Å²) in [4.78, 5) is 12.5. The Kier molecular flexibility index (Phi) is 4.58. The van der Waals surface area contributed by atoms with Gasteiger partial charge in [0.25, 0.3) is 0 Å². The Hall–Kier alpha value is -2.07. The van der Waals surface area contributed by atoms with E-state index >= 15 is 0 Å².